The zero-order chi connectivity index (χ0) is 12.8. The van der Waals surface area contributed by atoms with E-state index in [9.17, 15) is 4.79 Å². The van der Waals surface area contributed by atoms with Crippen molar-refractivity contribution in [3.63, 3.8) is 0 Å². The fourth-order valence-corrected chi connectivity index (χ4v) is 1.77. The minimum Gasteiger partial charge on any atom is -0.462 e. The summed E-state index contributed by atoms with van der Waals surface area (Å²) in [6.07, 6.45) is 0.718. The molecule has 0 atom stereocenters. The molecule has 0 aliphatic heterocycles. The molecule has 0 unspecified atom stereocenters. The van der Waals surface area contributed by atoms with Crippen LogP contribution in [0, 0.1) is 0 Å². The van der Waals surface area contributed by atoms with Gasteiger partial charge in [-0.25, -0.2) is 4.79 Å². The number of esters is 1. The van der Waals surface area contributed by atoms with Crippen LogP contribution >= 0.6 is 0 Å². The largest absolute Gasteiger partial charge is 0.462 e. The predicted octanol–water partition coefficient (Wildman–Crippen LogP) is 3.03. The molecule has 94 valence electrons. The molecule has 0 heterocycles. The molecule has 0 aliphatic rings. The molecule has 2 aromatic rings. The van der Waals surface area contributed by atoms with Crippen LogP contribution in [0.15, 0.2) is 42.5 Å². The highest BCUT2D eigenvalue weighted by atomic mass is 16.5. The zero-order valence-corrected chi connectivity index (χ0v) is 10.4. The Kier molecular flexibility index (Phi) is 4.31. The lowest BCUT2D eigenvalue weighted by molar-refractivity contribution is 0.0468. The second kappa shape index (κ2) is 6.17. The standard InChI is InChI=1S/C15H16O3/c1-17-9-4-10-18-15(16)14-8-7-12-5-2-3-6-13(12)11-14/h2-3,5-8,11H,4,9-10H2,1H3. The van der Waals surface area contributed by atoms with Crippen LogP contribution in [0.3, 0.4) is 0 Å². The van der Waals surface area contributed by atoms with E-state index in [-0.39, 0.29) is 5.97 Å². The summed E-state index contributed by atoms with van der Waals surface area (Å²) in [4.78, 5) is 11.8. The highest BCUT2D eigenvalue weighted by Gasteiger charge is 2.07. The summed E-state index contributed by atoms with van der Waals surface area (Å²) in [6, 6.07) is 13.5. The van der Waals surface area contributed by atoms with Gasteiger partial charge in [0.05, 0.1) is 12.2 Å². The van der Waals surface area contributed by atoms with Crippen LogP contribution in [-0.4, -0.2) is 26.3 Å². The highest BCUT2D eigenvalue weighted by Crippen LogP contribution is 2.16. The summed E-state index contributed by atoms with van der Waals surface area (Å²) in [5.74, 6) is -0.281. The first-order valence-corrected chi connectivity index (χ1v) is 5.96. The fourth-order valence-electron chi connectivity index (χ4n) is 1.77. The smallest absolute Gasteiger partial charge is 0.338 e. The number of hydrogen-bond donors (Lipinski definition) is 0. The third-order valence-electron chi connectivity index (χ3n) is 2.71. The van der Waals surface area contributed by atoms with Crippen molar-refractivity contribution in [3.05, 3.63) is 48.0 Å². The number of carbonyl (C=O) groups excluding carboxylic acids is 1. The van der Waals surface area contributed by atoms with E-state index in [1.165, 1.54) is 0 Å². The SMILES string of the molecule is COCCCOC(=O)c1ccc2ccccc2c1. The van der Waals surface area contributed by atoms with Gasteiger partial charge in [0.2, 0.25) is 0 Å². The first kappa shape index (κ1) is 12.6. The Balaban J connectivity index is 2.04. The van der Waals surface area contributed by atoms with Gasteiger partial charge in [-0.1, -0.05) is 30.3 Å². The predicted molar refractivity (Wildman–Crippen MR) is 70.7 cm³/mol. The average Bonchev–Trinajstić information content (AvgIpc) is 2.43. The lowest BCUT2D eigenvalue weighted by atomic mass is 10.1. The van der Waals surface area contributed by atoms with Crippen LogP contribution < -0.4 is 0 Å². The first-order valence-electron chi connectivity index (χ1n) is 5.96. The van der Waals surface area contributed by atoms with Gasteiger partial charge in [-0.3, -0.25) is 0 Å². The molecule has 0 spiro atoms. The van der Waals surface area contributed by atoms with Crippen molar-refractivity contribution in [2.45, 2.75) is 6.42 Å². The van der Waals surface area contributed by atoms with E-state index in [2.05, 4.69) is 0 Å². The van der Waals surface area contributed by atoms with E-state index < -0.39 is 0 Å². The Morgan fingerprint density at radius 1 is 1.06 bits per heavy atom. The molecule has 0 aliphatic carbocycles. The monoisotopic (exact) mass is 244 g/mol. The molecule has 3 nitrogen and oxygen atoms in total. The van der Waals surface area contributed by atoms with Gasteiger partial charge in [-0.15, -0.1) is 0 Å². The maximum absolute atomic E-state index is 11.8. The third kappa shape index (κ3) is 3.08. The number of benzene rings is 2. The Bertz CT molecular complexity index is 534. The topological polar surface area (TPSA) is 35.5 Å². The van der Waals surface area contributed by atoms with Crippen LogP contribution in [0.25, 0.3) is 10.8 Å². The summed E-state index contributed by atoms with van der Waals surface area (Å²) in [6.45, 7) is 0.991. The van der Waals surface area contributed by atoms with Crippen molar-refractivity contribution in [2.24, 2.45) is 0 Å². The maximum atomic E-state index is 11.8. The molecule has 0 saturated heterocycles. The van der Waals surface area contributed by atoms with Gasteiger partial charge in [0, 0.05) is 20.1 Å². The fraction of sp³-hybridized carbons (Fsp3) is 0.267. The van der Waals surface area contributed by atoms with Crippen molar-refractivity contribution in [1.82, 2.24) is 0 Å². The van der Waals surface area contributed by atoms with Gasteiger partial charge in [0.15, 0.2) is 0 Å². The molecule has 3 heteroatoms. The molecule has 0 aromatic heterocycles. The van der Waals surface area contributed by atoms with Gasteiger partial charge >= 0.3 is 5.97 Å². The van der Waals surface area contributed by atoms with Crippen LogP contribution in [0.2, 0.25) is 0 Å². The van der Waals surface area contributed by atoms with E-state index in [0.29, 0.717) is 18.8 Å². The molecular weight excluding hydrogens is 228 g/mol. The lowest BCUT2D eigenvalue weighted by Crippen LogP contribution is -2.07. The molecule has 2 aromatic carbocycles. The number of rotatable bonds is 5. The number of carbonyl (C=O) groups is 1. The lowest BCUT2D eigenvalue weighted by Gasteiger charge is -2.05. The van der Waals surface area contributed by atoms with E-state index in [4.69, 9.17) is 9.47 Å². The van der Waals surface area contributed by atoms with Crippen molar-refractivity contribution in [2.75, 3.05) is 20.3 Å². The van der Waals surface area contributed by atoms with Gasteiger partial charge in [-0.05, 0) is 22.9 Å². The summed E-state index contributed by atoms with van der Waals surface area (Å²) in [7, 11) is 1.63. The Labute approximate surface area is 106 Å². The van der Waals surface area contributed by atoms with E-state index in [0.717, 1.165) is 17.2 Å². The zero-order valence-electron chi connectivity index (χ0n) is 10.4. The van der Waals surface area contributed by atoms with Crippen molar-refractivity contribution in [1.29, 1.82) is 0 Å². The second-order valence-electron chi connectivity index (χ2n) is 4.04. The normalized spacial score (nSPS) is 10.5. The van der Waals surface area contributed by atoms with E-state index in [1.807, 2.05) is 36.4 Å². The molecule has 0 radical (unpaired) electrons. The van der Waals surface area contributed by atoms with E-state index >= 15 is 0 Å². The van der Waals surface area contributed by atoms with Crippen LogP contribution in [-0.2, 0) is 9.47 Å². The first-order chi connectivity index (χ1) is 8.81. The molecule has 0 amide bonds. The Morgan fingerprint density at radius 3 is 2.61 bits per heavy atom. The van der Waals surface area contributed by atoms with Crippen LogP contribution in [0.1, 0.15) is 16.8 Å². The molecule has 0 bridgehead atoms. The molecular formula is C15H16O3. The number of fused-ring (bicyclic) bond motifs is 1. The molecule has 0 saturated carbocycles. The van der Waals surface area contributed by atoms with Crippen LogP contribution in [0.4, 0.5) is 0 Å². The highest BCUT2D eigenvalue weighted by molar-refractivity contribution is 5.95. The minimum absolute atomic E-state index is 0.281. The van der Waals surface area contributed by atoms with E-state index in [1.54, 1.807) is 13.2 Å². The van der Waals surface area contributed by atoms with Crippen LogP contribution in [0.5, 0.6) is 0 Å². The summed E-state index contributed by atoms with van der Waals surface area (Å²) >= 11 is 0. The van der Waals surface area contributed by atoms with Gasteiger partial charge in [0.1, 0.15) is 0 Å². The van der Waals surface area contributed by atoms with Crippen molar-refractivity contribution in [3.8, 4) is 0 Å². The number of hydrogen-bond acceptors (Lipinski definition) is 3. The van der Waals surface area contributed by atoms with Crippen molar-refractivity contribution < 1.29 is 14.3 Å². The number of ether oxygens (including phenoxy) is 2. The third-order valence-corrected chi connectivity index (χ3v) is 2.71. The van der Waals surface area contributed by atoms with Gasteiger partial charge < -0.3 is 9.47 Å². The number of methoxy groups -OCH3 is 1. The van der Waals surface area contributed by atoms with Gasteiger partial charge in [0.25, 0.3) is 0 Å². The van der Waals surface area contributed by atoms with Crippen molar-refractivity contribution >= 4 is 16.7 Å². The minimum atomic E-state index is -0.281. The summed E-state index contributed by atoms with van der Waals surface area (Å²) < 4.78 is 10.1. The summed E-state index contributed by atoms with van der Waals surface area (Å²) in [5, 5.41) is 2.16. The molecule has 2 rings (SSSR count). The Morgan fingerprint density at radius 2 is 1.83 bits per heavy atom. The maximum Gasteiger partial charge on any atom is 0.338 e. The molecule has 0 N–H and O–H groups in total. The second-order valence-corrected chi connectivity index (χ2v) is 4.04. The summed E-state index contributed by atoms with van der Waals surface area (Å²) in [5.41, 5.74) is 0.589. The average molecular weight is 244 g/mol. The molecule has 0 fully saturated rings. The Hall–Kier alpha value is -1.87. The quantitative estimate of drug-likeness (QED) is 0.599. The molecule has 18 heavy (non-hydrogen) atoms. The van der Waals surface area contributed by atoms with Gasteiger partial charge in [-0.2, -0.15) is 0 Å².